The van der Waals surface area contributed by atoms with Crippen molar-refractivity contribution in [2.75, 3.05) is 20.0 Å². The molecule has 6 nitrogen and oxygen atoms in total. The minimum atomic E-state index is -0.811. The fraction of sp³-hybridized carbons (Fsp3) is 0.0952. The molecule has 0 atom stereocenters. The Hall–Kier alpha value is -3.85. The summed E-state index contributed by atoms with van der Waals surface area (Å²) in [6.07, 6.45) is 0. The molecule has 27 heavy (non-hydrogen) atoms. The average Bonchev–Trinajstić information content (AvgIpc) is 2.71. The molecule has 0 saturated carbocycles. The van der Waals surface area contributed by atoms with Gasteiger partial charge in [-0.15, -0.1) is 0 Å². The molecule has 0 aliphatic heterocycles. The number of esters is 2. The highest BCUT2D eigenvalue weighted by molar-refractivity contribution is 6.09. The van der Waals surface area contributed by atoms with Crippen LogP contribution in [-0.4, -0.2) is 26.2 Å². The fourth-order valence-electron chi connectivity index (χ4n) is 3.00. The van der Waals surface area contributed by atoms with Crippen LogP contribution in [0.25, 0.3) is 21.9 Å². The van der Waals surface area contributed by atoms with Crippen LogP contribution < -0.4 is 5.73 Å². The molecule has 0 heterocycles. The van der Waals surface area contributed by atoms with E-state index in [1.165, 1.54) is 20.3 Å². The van der Waals surface area contributed by atoms with Crippen LogP contribution in [0.3, 0.4) is 0 Å². The molecule has 0 fully saturated rings. The number of hydrogen-bond acceptors (Lipinski definition) is 6. The predicted molar refractivity (Wildman–Crippen MR) is 101 cm³/mol. The monoisotopic (exact) mass is 360 g/mol. The van der Waals surface area contributed by atoms with Gasteiger partial charge < -0.3 is 15.2 Å². The molecule has 0 saturated heterocycles. The number of hydrogen-bond donors (Lipinski definition) is 1. The van der Waals surface area contributed by atoms with Gasteiger partial charge in [0.05, 0.1) is 36.6 Å². The lowest BCUT2D eigenvalue weighted by Gasteiger charge is -2.15. The van der Waals surface area contributed by atoms with Gasteiger partial charge in [-0.2, -0.15) is 5.26 Å². The van der Waals surface area contributed by atoms with E-state index in [0.717, 1.165) is 10.8 Å². The van der Waals surface area contributed by atoms with E-state index in [2.05, 4.69) is 0 Å². The second-order valence-corrected chi connectivity index (χ2v) is 5.79. The SMILES string of the molecule is COC(=O)c1cc(-c2ccc3ccccc3c2)c(C#N)c(N)c1C(=O)OC. The van der Waals surface area contributed by atoms with Crippen molar-refractivity contribution < 1.29 is 19.1 Å². The van der Waals surface area contributed by atoms with Crippen molar-refractivity contribution in [2.24, 2.45) is 0 Å². The number of fused-ring (bicyclic) bond motifs is 1. The van der Waals surface area contributed by atoms with Crippen molar-refractivity contribution in [3.05, 3.63) is 65.2 Å². The molecule has 2 N–H and O–H groups in total. The van der Waals surface area contributed by atoms with E-state index in [1.807, 2.05) is 48.5 Å². The molecular formula is C21H16N2O4. The van der Waals surface area contributed by atoms with Crippen LogP contribution in [-0.2, 0) is 9.47 Å². The number of anilines is 1. The van der Waals surface area contributed by atoms with Crippen LogP contribution in [0.4, 0.5) is 5.69 Å². The Labute approximate surface area is 155 Å². The van der Waals surface area contributed by atoms with Gasteiger partial charge in [-0.05, 0) is 28.5 Å². The quantitative estimate of drug-likeness (QED) is 0.566. The number of benzene rings is 3. The second-order valence-electron chi connectivity index (χ2n) is 5.79. The van der Waals surface area contributed by atoms with Crippen LogP contribution in [0.5, 0.6) is 0 Å². The minimum absolute atomic E-state index is 0.0518. The van der Waals surface area contributed by atoms with Gasteiger partial charge in [0.15, 0.2) is 0 Å². The van der Waals surface area contributed by atoms with Crippen molar-refractivity contribution in [2.45, 2.75) is 0 Å². The second kappa shape index (κ2) is 7.18. The molecule has 3 aromatic rings. The van der Waals surface area contributed by atoms with Gasteiger partial charge in [0.1, 0.15) is 6.07 Å². The molecule has 3 rings (SSSR count). The van der Waals surface area contributed by atoms with E-state index in [0.29, 0.717) is 11.1 Å². The topological polar surface area (TPSA) is 102 Å². The van der Waals surface area contributed by atoms with Gasteiger partial charge in [-0.25, -0.2) is 9.59 Å². The number of methoxy groups -OCH3 is 2. The van der Waals surface area contributed by atoms with Gasteiger partial charge >= 0.3 is 11.9 Å². The maximum atomic E-state index is 12.2. The zero-order chi connectivity index (χ0) is 19.6. The molecule has 0 aliphatic carbocycles. The summed E-state index contributed by atoms with van der Waals surface area (Å²) in [5.74, 6) is -1.55. The van der Waals surface area contributed by atoms with E-state index in [4.69, 9.17) is 15.2 Å². The summed E-state index contributed by atoms with van der Waals surface area (Å²) in [6, 6.07) is 16.9. The van der Waals surface area contributed by atoms with Crippen LogP contribution in [0.2, 0.25) is 0 Å². The number of rotatable bonds is 3. The molecule has 0 aromatic heterocycles. The van der Waals surface area contributed by atoms with E-state index in [9.17, 15) is 14.9 Å². The number of ether oxygens (including phenoxy) is 2. The third-order valence-electron chi connectivity index (χ3n) is 4.33. The highest BCUT2D eigenvalue weighted by Crippen LogP contribution is 2.34. The van der Waals surface area contributed by atoms with Crippen LogP contribution in [0.15, 0.2) is 48.5 Å². The Morgan fingerprint density at radius 1 is 0.963 bits per heavy atom. The van der Waals surface area contributed by atoms with Crippen molar-refractivity contribution >= 4 is 28.4 Å². The first kappa shape index (κ1) is 18.0. The van der Waals surface area contributed by atoms with Gasteiger partial charge in [-0.1, -0.05) is 36.4 Å². The average molecular weight is 360 g/mol. The van der Waals surface area contributed by atoms with Crippen molar-refractivity contribution in [1.29, 1.82) is 5.26 Å². The molecule has 3 aromatic carbocycles. The summed E-state index contributed by atoms with van der Waals surface area (Å²) >= 11 is 0. The first-order valence-electron chi connectivity index (χ1n) is 8.04. The third kappa shape index (κ3) is 3.07. The van der Waals surface area contributed by atoms with Gasteiger partial charge in [0.25, 0.3) is 0 Å². The Bertz CT molecular complexity index is 1110. The molecule has 0 bridgehead atoms. The Balaban J connectivity index is 2.34. The van der Waals surface area contributed by atoms with Crippen LogP contribution in [0.1, 0.15) is 26.3 Å². The third-order valence-corrected chi connectivity index (χ3v) is 4.33. The van der Waals surface area contributed by atoms with E-state index >= 15 is 0 Å². The van der Waals surface area contributed by atoms with Crippen LogP contribution in [0, 0.1) is 11.3 Å². The summed E-state index contributed by atoms with van der Waals surface area (Å²) in [4.78, 5) is 24.4. The molecular weight excluding hydrogens is 344 g/mol. The molecule has 6 heteroatoms. The van der Waals surface area contributed by atoms with E-state index in [1.54, 1.807) is 0 Å². The number of carbonyl (C=O) groups is 2. The van der Waals surface area contributed by atoms with Crippen molar-refractivity contribution in [3.63, 3.8) is 0 Å². The Kier molecular flexibility index (Phi) is 4.77. The molecule has 0 aliphatic rings. The first-order chi connectivity index (χ1) is 13.0. The highest BCUT2D eigenvalue weighted by Gasteiger charge is 2.26. The van der Waals surface area contributed by atoms with E-state index in [-0.39, 0.29) is 22.4 Å². The molecule has 0 radical (unpaired) electrons. The lowest BCUT2D eigenvalue weighted by molar-refractivity contribution is 0.0556. The Morgan fingerprint density at radius 3 is 2.26 bits per heavy atom. The largest absolute Gasteiger partial charge is 0.465 e. The Morgan fingerprint density at radius 2 is 1.63 bits per heavy atom. The normalized spacial score (nSPS) is 10.3. The molecule has 0 spiro atoms. The molecule has 0 amide bonds. The van der Waals surface area contributed by atoms with Gasteiger partial charge in [-0.3, -0.25) is 0 Å². The summed E-state index contributed by atoms with van der Waals surface area (Å²) in [5, 5.41) is 11.6. The van der Waals surface area contributed by atoms with Crippen LogP contribution >= 0.6 is 0 Å². The van der Waals surface area contributed by atoms with Crippen molar-refractivity contribution in [1.82, 2.24) is 0 Å². The van der Waals surface area contributed by atoms with Gasteiger partial charge in [0, 0.05) is 5.56 Å². The molecule has 0 unspecified atom stereocenters. The number of carbonyl (C=O) groups excluding carboxylic acids is 2. The van der Waals surface area contributed by atoms with Crippen molar-refractivity contribution in [3.8, 4) is 17.2 Å². The highest BCUT2D eigenvalue weighted by atomic mass is 16.5. The summed E-state index contributed by atoms with van der Waals surface area (Å²) in [6.45, 7) is 0. The maximum absolute atomic E-state index is 12.2. The number of nitriles is 1. The van der Waals surface area contributed by atoms with Gasteiger partial charge in [0.2, 0.25) is 0 Å². The summed E-state index contributed by atoms with van der Waals surface area (Å²) in [7, 11) is 2.37. The summed E-state index contributed by atoms with van der Waals surface area (Å²) < 4.78 is 9.50. The maximum Gasteiger partial charge on any atom is 0.340 e. The lowest BCUT2D eigenvalue weighted by atomic mass is 9.91. The smallest absolute Gasteiger partial charge is 0.340 e. The lowest BCUT2D eigenvalue weighted by Crippen LogP contribution is -2.16. The summed E-state index contributed by atoms with van der Waals surface area (Å²) in [5.41, 5.74) is 6.97. The minimum Gasteiger partial charge on any atom is -0.465 e. The first-order valence-corrected chi connectivity index (χ1v) is 8.04. The number of nitrogens with zero attached hydrogens (tertiary/aromatic N) is 1. The standard InChI is InChI=1S/C21H16N2O4/c1-26-20(24)16-10-15(17(11-22)19(23)18(16)21(25)27-2)14-8-7-12-5-3-4-6-13(12)9-14/h3-10H,23H2,1-2H3. The molecule has 134 valence electrons. The number of nitrogens with two attached hydrogens (primary N) is 1. The fourth-order valence-corrected chi connectivity index (χ4v) is 3.00. The number of nitrogen functional groups attached to an aromatic ring is 1. The zero-order valence-corrected chi connectivity index (χ0v) is 14.8. The van der Waals surface area contributed by atoms with E-state index < -0.39 is 11.9 Å². The zero-order valence-electron chi connectivity index (χ0n) is 14.8. The predicted octanol–water partition coefficient (Wildman–Crippen LogP) is 3.53.